The second-order valence-corrected chi connectivity index (χ2v) is 6.83. The van der Waals surface area contributed by atoms with Crippen molar-refractivity contribution < 1.29 is 19.1 Å². The largest absolute Gasteiger partial charge is 0.470 e. The molecule has 4 heterocycles. The van der Waals surface area contributed by atoms with E-state index in [4.69, 9.17) is 14.0 Å². The number of fused-ring (bicyclic) bond motifs is 3. The summed E-state index contributed by atoms with van der Waals surface area (Å²) in [6, 6.07) is 13.0. The maximum Gasteiger partial charge on any atom is 0.240 e. The van der Waals surface area contributed by atoms with Crippen LogP contribution in [0.15, 0.2) is 53.2 Å². The molecule has 31 heavy (non-hydrogen) atoms. The van der Waals surface area contributed by atoms with Crippen LogP contribution in [0.1, 0.15) is 17.0 Å². The van der Waals surface area contributed by atoms with Crippen molar-refractivity contribution in [3.05, 3.63) is 65.7 Å². The first-order valence-electron chi connectivity index (χ1n) is 9.53. The number of rotatable bonds is 7. The smallest absolute Gasteiger partial charge is 0.240 e. The number of pyridine rings is 1. The van der Waals surface area contributed by atoms with Crippen molar-refractivity contribution in [2.75, 3.05) is 7.11 Å². The third-order valence-corrected chi connectivity index (χ3v) is 4.73. The van der Waals surface area contributed by atoms with E-state index in [-0.39, 0.29) is 13.2 Å². The Kier molecular flexibility index (Phi) is 4.98. The van der Waals surface area contributed by atoms with Gasteiger partial charge in [0, 0.05) is 30.1 Å². The summed E-state index contributed by atoms with van der Waals surface area (Å²) in [5.41, 5.74) is 2.53. The molecule has 0 radical (unpaired) electrons. The summed E-state index contributed by atoms with van der Waals surface area (Å²) in [7, 11) is 1.58. The molecule has 0 fully saturated rings. The van der Waals surface area contributed by atoms with Crippen LogP contribution in [0.2, 0.25) is 0 Å². The minimum Gasteiger partial charge on any atom is -0.470 e. The minimum atomic E-state index is -0.0540. The number of ether oxygens (including phenoxy) is 2. The lowest BCUT2D eigenvalue weighted by molar-refractivity contribution is 0.156. The molecule has 10 heteroatoms. The highest BCUT2D eigenvalue weighted by molar-refractivity contribution is 5.96. The Morgan fingerprint density at radius 1 is 1.06 bits per heavy atom. The third-order valence-electron chi connectivity index (χ3n) is 4.73. The fraction of sp³-hybridized carbons (Fsp3) is 0.190. The van der Waals surface area contributed by atoms with Gasteiger partial charge in [-0.05, 0) is 17.7 Å². The summed E-state index contributed by atoms with van der Waals surface area (Å²) in [6.45, 7) is 0.464. The molecule has 5 rings (SSSR count). The molecule has 0 aliphatic rings. The molecule has 4 aromatic heterocycles. The number of aliphatic hydroxyl groups excluding tert-OH is 1. The number of benzene rings is 1. The lowest BCUT2D eigenvalue weighted by atomic mass is 10.2. The Balaban J connectivity index is 1.55. The zero-order valence-electron chi connectivity index (χ0n) is 16.6. The Labute approximate surface area is 176 Å². The van der Waals surface area contributed by atoms with Gasteiger partial charge in [-0.1, -0.05) is 29.4 Å². The van der Waals surface area contributed by atoms with Gasteiger partial charge in [0.1, 0.15) is 13.2 Å². The molecule has 10 nitrogen and oxygen atoms in total. The van der Waals surface area contributed by atoms with Crippen LogP contribution in [0.5, 0.6) is 5.88 Å². The lowest BCUT2D eigenvalue weighted by Gasteiger charge is -2.09. The van der Waals surface area contributed by atoms with E-state index in [0.717, 1.165) is 16.3 Å². The van der Waals surface area contributed by atoms with Gasteiger partial charge in [-0.2, -0.15) is 4.52 Å². The van der Waals surface area contributed by atoms with Gasteiger partial charge in [-0.15, -0.1) is 15.3 Å². The number of nitrogens with zero attached hydrogens (tertiary/aromatic N) is 6. The molecule has 0 amide bonds. The van der Waals surface area contributed by atoms with Crippen LogP contribution in [0.3, 0.4) is 0 Å². The van der Waals surface area contributed by atoms with E-state index in [9.17, 15) is 5.11 Å². The summed E-state index contributed by atoms with van der Waals surface area (Å²) in [5.74, 6) is 1.42. The SMILES string of the molecule is COCc1cc(-c2nnc3c4ccccc4c(OCc4ccc(CO)cn4)nn23)no1. The topological polar surface area (TPSA) is 121 Å². The van der Waals surface area contributed by atoms with E-state index in [0.29, 0.717) is 41.1 Å². The average molecular weight is 418 g/mol. The number of aromatic nitrogens is 6. The molecule has 5 aromatic rings. The zero-order valence-corrected chi connectivity index (χ0v) is 16.6. The van der Waals surface area contributed by atoms with E-state index < -0.39 is 0 Å². The van der Waals surface area contributed by atoms with Crippen molar-refractivity contribution in [1.29, 1.82) is 0 Å². The Morgan fingerprint density at radius 2 is 1.94 bits per heavy atom. The van der Waals surface area contributed by atoms with E-state index in [1.54, 1.807) is 30.0 Å². The first-order valence-corrected chi connectivity index (χ1v) is 9.53. The highest BCUT2D eigenvalue weighted by atomic mass is 16.5. The highest BCUT2D eigenvalue weighted by Crippen LogP contribution is 2.29. The molecule has 0 aliphatic heterocycles. The van der Waals surface area contributed by atoms with E-state index in [1.165, 1.54) is 0 Å². The van der Waals surface area contributed by atoms with Gasteiger partial charge in [0.05, 0.1) is 12.3 Å². The van der Waals surface area contributed by atoms with Gasteiger partial charge in [-0.3, -0.25) is 4.98 Å². The van der Waals surface area contributed by atoms with Crippen LogP contribution >= 0.6 is 0 Å². The van der Waals surface area contributed by atoms with Gasteiger partial charge in [0.2, 0.25) is 11.7 Å². The van der Waals surface area contributed by atoms with Gasteiger partial charge < -0.3 is 19.1 Å². The first kappa shape index (κ1) is 19.1. The monoisotopic (exact) mass is 418 g/mol. The lowest BCUT2D eigenvalue weighted by Crippen LogP contribution is -2.04. The quantitative estimate of drug-likeness (QED) is 0.425. The van der Waals surface area contributed by atoms with Gasteiger partial charge >= 0.3 is 0 Å². The normalized spacial score (nSPS) is 11.4. The summed E-state index contributed by atoms with van der Waals surface area (Å²) in [5, 5.41) is 28.1. The second kappa shape index (κ2) is 8.09. The summed E-state index contributed by atoms with van der Waals surface area (Å²) >= 11 is 0. The Hall–Kier alpha value is -3.89. The number of hydrogen-bond acceptors (Lipinski definition) is 9. The maximum absolute atomic E-state index is 9.17. The fourth-order valence-corrected chi connectivity index (χ4v) is 3.22. The van der Waals surface area contributed by atoms with Gasteiger partial charge in [-0.25, -0.2) is 0 Å². The van der Waals surface area contributed by atoms with Crippen molar-refractivity contribution in [3.63, 3.8) is 0 Å². The first-order chi connectivity index (χ1) is 15.3. The second-order valence-electron chi connectivity index (χ2n) is 6.83. The predicted octanol–water partition coefficient (Wildman–Crippen LogP) is 2.55. The maximum atomic E-state index is 9.17. The van der Waals surface area contributed by atoms with Crippen LogP contribution in [-0.4, -0.2) is 42.2 Å². The van der Waals surface area contributed by atoms with Gasteiger partial charge in [0.25, 0.3) is 0 Å². The Morgan fingerprint density at radius 3 is 2.71 bits per heavy atom. The molecule has 0 saturated heterocycles. The van der Waals surface area contributed by atoms with E-state index in [2.05, 4.69) is 25.4 Å². The number of methoxy groups -OCH3 is 1. The molecule has 1 N–H and O–H groups in total. The molecule has 1 aromatic carbocycles. The molecule has 156 valence electrons. The predicted molar refractivity (Wildman–Crippen MR) is 109 cm³/mol. The zero-order chi connectivity index (χ0) is 21.2. The van der Waals surface area contributed by atoms with Crippen LogP contribution in [0, 0.1) is 0 Å². The Bertz CT molecular complexity index is 1350. The molecule has 0 unspecified atom stereocenters. The van der Waals surface area contributed by atoms with Crippen molar-refractivity contribution in [2.45, 2.75) is 19.8 Å². The molecule has 0 bridgehead atoms. The van der Waals surface area contributed by atoms with Gasteiger partial charge in [0.15, 0.2) is 17.1 Å². The molecular formula is C21H18N6O4. The van der Waals surface area contributed by atoms with Crippen molar-refractivity contribution in [1.82, 2.24) is 30.0 Å². The van der Waals surface area contributed by atoms with Crippen LogP contribution < -0.4 is 4.74 Å². The van der Waals surface area contributed by atoms with Crippen molar-refractivity contribution >= 4 is 16.4 Å². The van der Waals surface area contributed by atoms with Crippen molar-refractivity contribution in [3.8, 4) is 17.4 Å². The standard InChI is InChI=1S/C21H18N6O4/c1-29-12-15-8-18(26-31-15)20-24-23-19-16-4-2-3-5-17(16)21(25-27(19)20)30-11-14-7-6-13(10-28)9-22-14/h2-9,28H,10-12H2,1H3. The molecule has 0 spiro atoms. The number of aliphatic hydroxyl groups is 1. The summed E-state index contributed by atoms with van der Waals surface area (Å²) in [4.78, 5) is 4.30. The molecule has 0 atom stereocenters. The number of hydrogen-bond donors (Lipinski definition) is 1. The average Bonchev–Trinajstić information content (AvgIpc) is 3.45. The van der Waals surface area contributed by atoms with E-state index in [1.807, 2.05) is 30.3 Å². The highest BCUT2D eigenvalue weighted by Gasteiger charge is 2.19. The fourth-order valence-electron chi connectivity index (χ4n) is 3.22. The molecular weight excluding hydrogens is 400 g/mol. The van der Waals surface area contributed by atoms with E-state index >= 15 is 0 Å². The summed E-state index contributed by atoms with van der Waals surface area (Å²) < 4.78 is 18.0. The van der Waals surface area contributed by atoms with Crippen LogP contribution in [-0.2, 0) is 24.6 Å². The molecule has 0 aliphatic carbocycles. The summed E-state index contributed by atoms with van der Waals surface area (Å²) in [6.07, 6.45) is 1.62. The van der Waals surface area contributed by atoms with Crippen LogP contribution in [0.4, 0.5) is 0 Å². The van der Waals surface area contributed by atoms with Crippen LogP contribution in [0.25, 0.3) is 27.9 Å². The van der Waals surface area contributed by atoms with Crippen molar-refractivity contribution in [2.24, 2.45) is 0 Å². The minimum absolute atomic E-state index is 0.0540. The molecule has 0 saturated carbocycles. The third kappa shape index (κ3) is 3.58.